The van der Waals surface area contributed by atoms with E-state index in [1.807, 2.05) is 6.92 Å². The lowest BCUT2D eigenvalue weighted by atomic mass is 10.0. The van der Waals surface area contributed by atoms with Crippen molar-refractivity contribution >= 4 is 11.8 Å². The average Bonchev–Trinajstić information content (AvgIpc) is 2.43. The molecule has 4 heteroatoms. The Balaban J connectivity index is 2.28. The van der Waals surface area contributed by atoms with Crippen molar-refractivity contribution in [2.45, 2.75) is 43.8 Å². The maximum absolute atomic E-state index is 9.88. The SMILES string of the molecule is COCC(C)OCC(O)CSc1ccc(C(C)C)cc1. The molecule has 0 heterocycles. The van der Waals surface area contributed by atoms with Gasteiger partial charge < -0.3 is 14.6 Å². The third kappa shape index (κ3) is 6.75. The molecule has 0 aliphatic heterocycles. The van der Waals surface area contributed by atoms with Gasteiger partial charge in [-0.2, -0.15) is 0 Å². The lowest BCUT2D eigenvalue weighted by Gasteiger charge is -2.15. The number of thioether (sulfide) groups is 1. The Hall–Kier alpha value is -0.550. The van der Waals surface area contributed by atoms with Gasteiger partial charge in [0.15, 0.2) is 0 Å². The molecule has 2 unspecified atom stereocenters. The van der Waals surface area contributed by atoms with Gasteiger partial charge in [0.1, 0.15) is 0 Å². The van der Waals surface area contributed by atoms with Gasteiger partial charge in [-0.05, 0) is 30.5 Å². The van der Waals surface area contributed by atoms with Crippen LogP contribution in [0.4, 0.5) is 0 Å². The molecule has 0 radical (unpaired) electrons. The molecule has 0 fully saturated rings. The number of aliphatic hydroxyl groups is 1. The van der Waals surface area contributed by atoms with E-state index in [1.54, 1.807) is 18.9 Å². The lowest BCUT2D eigenvalue weighted by molar-refractivity contribution is -0.0257. The highest BCUT2D eigenvalue weighted by atomic mass is 32.2. The number of rotatable bonds is 9. The van der Waals surface area contributed by atoms with Crippen molar-refractivity contribution in [3.05, 3.63) is 29.8 Å². The molecule has 1 aromatic rings. The van der Waals surface area contributed by atoms with Crippen LogP contribution in [0.1, 0.15) is 32.3 Å². The monoisotopic (exact) mass is 298 g/mol. The minimum atomic E-state index is -0.455. The highest BCUT2D eigenvalue weighted by Gasteiger charge is 2.09. The van der Waals surface area contributed by atoms with Gasteiger partial charge in [-0.25, -0.2) is 0 Å². The predicted molar refractivity (Wildman–Crippen MR) is 84.6 cm³/mol. The summed E-state index contributed by atoms with van der Waals surface area (Å²) in [6, 6.07) is 8.52. The normalized spacial score (nSPS) is 14.5. The van der Waals surface area contributed by atoms with Crippen molar-refractivity contribution in [2.75, 3.05) is 26.1 Å². The van der Waals surface area contributed by atoms with Crippen LogP contribution in [-0.2, 0) is 9.47 Å². The van der Waals surface area contributed by atoms with Gasteiger partial charge >= 0.3 is 0 Å². The third-order valence-corrected chi connectivity index (χ3v) is 4.12. The maximum atomic E-state index is 9.88. The zero-order chi connectivity index (χ0) is 15.0. The quantitative estimate of drug-likeness (QED) is 0.710. The van der Waals surface area contributed by atoms with Crippen LogP contribution in [-0.4, -0.2) is 43.4 Å². The summed E-state index contributed by atoms with van der Waals surface area (Å²) in [4.78, 5) is 1.18. The molecule has 0 aliphatic rings. The van der Waals surface area contributed by atoms with E-state index in [2.05, 4.69) is 38.1 Å². The van der Waals surface area contributed by atoms with E-state index in [-0.39, 0.29) is 6.10 Å². The van der Waals surface area contributed by atoms with E-state index in [0.717, 1.165) is 0 Å². The first kappa shape index (κ1) is 17.5. The van der Waals surface area contributed by atoms with Gasteiger partial charge in [0.05, 0.1) is 25.4 Å². The second-order valence-corrected chi connectivity index (χ2v) is 6.38. The Morgan fingerprint density at radius 2 is 1.75 bits per heavy atom. The molecule has 1 N–H and O–H groups in total. The predicted octanol–water partition coefficient (Wildman–Crippen LogP) is 3.31. The summed E-state index contributed by atoms with van der Waals surface area (Å²) >= 11 is 1.65. The molecule has 0 aliphatic carbocycles. The summed E-state index contributed by atoms with van der Waals surface area (Å²) in [5.74, 6) is 1.19. The lowest BCUT2D eigenvalue weighted by Crippen LogP contribution is -2.24. The Bertz CT molecular complexity index is 364. The molecule has 1 aromatic carbocycles. The maximum Gasteiger partial charge on any atom is 0.0867 e. The van der Waals surface area contributed by atoms with Gasteiger partial charge in [-0.15, -0.1) is 11.8 Å². The van der Waals surface area contributed by atoms with Crippen LogP contribution < -0.4 is 0 Å². The minimum absolute atomic E-state index is 0.0185. The average molecular weight is 298 g/mol. The molecule has 114 valence electrons. The van der Waals surface area contributed by atoms with E-state index in [4.69, 9.17) is 9.47 Å². The fourth-order valence-electron chi connectivity index (χ4n) is 1.75. The first-order valence-electron chi connectivity index (χ1n) is 7.04. The standard InChI is InChI=1S/C16H26O3S/c1-12(2)14-5-7-16(8-6-14)20-11-15(17)10-19-13(3)9-18-4/h5-8,12-13,15,17H,9-11H2,1-4H3. The number of hydrogen-bond donors (Lipinski definition) is 1. The van der Waals surface area contributed by atoms with Gasteiger partial charge in [0.2, 0.25) is 0 Å². The number of ether oxygens (including phenoxy) is 2. The highest BCUT2D eigenvalue weighted by molar-refractivity contribution is 7.99. The summed E-state index contributed by atoms with van der Waals surface area (Å²) in [5, 5.41) is 9.88. The smallest absolute Gasteiger partial charge is 0.0867 e. The molecule has 0 bridgehead atoms. The van der Waals surface area contributed by atoms with E-state index in [0.29, 0.717) is 24.9 Å². The van der Waals surface area contributed by atoms with Crippen LogP contribution in [0.25, 0.3) is 0 Å². The van der Waals surface area contributed by atoms with Crippen molar-refractivity contribution in [3.8, 4) is 0 Å². The zero-order valence-electron chi connectivity index (χ0n) is 12.8. The molecule has 0 saturated heterocycles. The van der Waals surface area contributed by atoms with Crippen molar-refractivity contribution in [1.29, 1.82) is 0 Å². The van der Waals surface area contributed by atoms with E-state index in [1.165, 1.54) is 10.5 Å². The van der Waals surface area contributed by atoms with Crippen LogP contribution in [0.2, 0.25) is 0 Å². The van der Waals surface area contributed by atoms with Gasteiger partial charge in [-0.1, -0.05) is 26.0 Å². The molecular formula is C16H26O3S. The topological polar surface area (TPSA) is 38.7 Å². The first-order chi connectivity index (χ1) is 9.52. The summed E-state index contributed by atoms with van der Waals surface area (Å²) in [7, 11) is 1.65. The highest BCUT2D eigenvalue weighted by Crippen LogP contribution is 2.22. The first-order valence-corrected chi connectivity index (χ1v) is 8.02. The third-order valence-electron chi connectivity index (χ3n) is 2.96. The molecule has 1 rings (SSSR count). The van der Waals surface area contributed by atoms with Gasteiger partial charge in [0.25, 0.3) is 0 Å². The molecule has 0 amide bonds. The Kier molecular flexibility index (Phi) is 8.22. The molecular weight excluding hydrogens is 272 g/mol. The van der Waals surface area contributed by atoms with Crippen LogP contribution in [0.15, 0.2) is 29.2 Å². The largest absolute Gasteiger partial charge is 0.390 e. The Morgan fingerprint density at radius 1 is 1.10 bits per heavy atom. The second-order valence-electron chi connectivity index (χ2n) is 5.29. The molecule has 2 atom stereocenters. The molecule has 0 saturated carbocycles. The fourth-order valence-corrected chi connectivity index (χ4v) is 2.56. The molecule has 0 spiro atoms. The molecule has 3 nitrogen and oxygen atoms in total. The van der Waals surface area contributed by atoms with Gasteiger partial charge in [-0.3, -0.25) is 0 Å². The van der Waals surface area contributed by atoms with Crippen LogP contribution in [0, 0.1) is 0 Å². The van der Waals surface area contributed by atoms with Gasteiger partial charge in [0, 0.05) is 17.8 Å². The Labute approximate surface area is 126 Å². The van der Waals surface area contributed by atoms with E-state index in [9.17, 15) is 5.11 Å². The van der Waals surface area contributed by atoms with Crippen LogP contribution in [0.3, 0.4) is 0 Å². The number of aliphatic hydroxyl groups excluding tert-OH is 1. The Morgan fingerprint density at radius 3 is 2.30 bits per heavy atom. The summed E-state index contributed by atoms with van der Waals surface area (Å²) < 4.78 is 10.5. The summed E-state index contributed by atoms with van der Waals surface area (Å²) in [6.07, 6.45) is -0.436. The second kappa shape index (κ2) is 9.40. The van der Waals surface area contributed by atoms with E-state index >= 15 is 0 Å². The van der Waals surface area contributed by atoms with Crippen molar-refractivity contribution in [3.63, 3.8) is 0 Å². The zero-order valence-corrected chi connectivity index (χ0v) is 13.7. The fraction of sp³-hybridized carbons (Fsp3) is 0.625. The number of hydrogen-bond acceptors (Lipinski definition) is 4. The van der Waals surface area contributed by atoms with E-state index < -0.39 is 6.10 Å². The molecule has 20 heavy (non-hydrogen) atoms. The van der Waals surface area contributed by atoms with Crippen LogP contribution >= 0.6 is 11.8 Å². The van der Waals surface area contributed by atoms with Crippen LogP contribution in [0.5, 0.6) is 0 Å². The minimum Gasteiger partial charge on any atom is -0.390 e. The number of benzene rings is 1. The number of methoxy groups -OCH3 is 1. The van der Waals surface area contributed by atoms with Crippen molar-refractivity contribution < 1.29 is 14.6 Å². The summed E-state index contributed by atoms with van der Waals surface area (Å²) in [5.41, 5.74) is 1.34. The van der Waals surface area contributed by atoms with Crippen molar-refractivity contribution in [1.82, 2.24) is 0 Å². The van der Waals surface area contributed by atoms with Crippen molar-refractivity contribution in [2.24, 2.45) is 0 Å². The molecule has 0 aromatic heterocycles. The summed E-state index contributed by atoms with van der Waals surface area (Å²) in [6.45, 7) is 7.21.